The second kappa shape index (κ2) is 10.4. The number of nitrogens with zero attached hydrogens (tertiary/aromatic N) is 6. The van der Waals surface area contributed by atoms with Crippen LogP contribution in [0.5, 0.6) is 0 Å². The summed E-state index contributed by atoms with van der Waals surface area (Å²) in [7, 11) is 3.85. The lowest BCUT2D eigenvalue weighted by Crippen LogP contribution is -2.48. The van der Waals surface area contributed by atoms with Crippen molar-refractivity contribution in [2.24, 2.45) is 14.1 Å². The fraction of sp³-hybridized carbons (Fsp3) is 0.414. The molecular formula is C29H37N7OS. The number of pyridine rings is 2. The van der Waals surface area contributed by atoms with E-state index >= 15 is 0 Å². The quantitative estimate of drug-likeness (QED) is 0.358. The van der Waals surface area contributed by atoms with Crippen LogP contribution in [0.15, 0.2) is 46.3 Å². The Morgan fingerprint density at radius 2 is 1.68 bits per heavy atom. The topological polar surface area (TPSA) is 71.2 Å². The molecule has 8 nitrogen and oxygen atoms in total. The minimum atomic E-state index is -0.00170. The highest BCUT2D eigenvalue weighted by Crippen LogP contribution is 2.32. The first-order chi connectivity index (χ1) is 18.2. The van der Waals surface area contributed by atoms with Crippen molar-refractivity contribution in [1.29, 1.82) is 0 Å². The lowest BCUT2D eigenvalue weighted by molar-refractivity contribution is 0.632. The maximum atomic E-state index is 13.6. The van der Waals surface area contributed by atoms with Gasteiger partial charge in [-0.05, 0) is 74.7 Å². The number of aromatic nitrogens is 4. The first kappa shape index (κ1) is 26.2. The monoisotopic (exact) mass is 531 g/mol. The summed E-state index contributed by atoms with van der Waals surface area (Å²) in [5, 5.41) is 10.9. The number of hydrogen-bond donors (Lipinski definition) is 1. The Morgan fingerprint density at radius 1 is 0.974 bits per heavy atom. The number of thioether (sulfide) groups is 1. The van der Waals surface area contributed by atoms with Crippen molar-refractivity contribution >= 4 is 39.7 Å². The minimum absolute atomic E-state index is 0.00170. The maximum Gasteiger partial charge on any atom is 0.259 e. The SMILES string of the molecule is CSc1nc(C)ccc1NC(C)c1cc(C)cc2c(=O)n(C)c(N3CCN(c4cn(C)nc4C)CC3)cc12. The smallest absolute Gasteiger partial charge is 0.259 e. The summed E-state index contributed by atoms with van der Waals surface area (Å²) in [4.78, 5) is 23.0. The molecule has 1 N–H and O–H groups in total. The fourth-order valence-corrected chi connectivity index (χ4v) is 6.10. The van der Waals surface area contributed by atoms with Gasteiger partial charge in [-0.15, -0.1) is 11.8 Å². The van der Waals surface area contributed by atoms with E-state index in [9.17, 15) is 4.79 Å². The van der Waals surface area contributed by atoms with E-state index in [4.69, 9.17) is 0 Å². The van der Waals surface area contributed by atoms with Crippen LogP contribution >= 0.6 is 11.8 Å². The fourth-order valence-electron chi connectivity index (χ4n) is 5.52. The molecule has 38 heavy (non-hydrogen) atoms. The molecule has 1 aliphatic heterocycles. The van der Waals surface area contributed by atoms with Gasteiger partial charge in [0.1, 0.15) is 10.8 Å². The van der Waals surface area contributed by atoms with E-state index in [2.05, 4.69) is 70.4 Å². The molecule has 1 aliphatic rings. The Bertz CT molecular complexity index is 1550. The summed E-state index contributed by atoms with van der Waals surface area (Å²) < 4.78 is 3.68. The molecular weight excluding hydrogens is 494 g/mol. The third-order valence-electron chi connectivity index (χ3n) is 7.47. The molecule has 0 saturated carbocycles. The van der Waals surface area contributed by atoms with Crippen molar-refractivity contribution in [3.05, 3.63) is 69.4 Å². The van der Waals surface area contributed by atoms with Crippen LogP contribution < -0.4 is 20.7 Å². The van der Waals surface area contributed by atoms with E-state index in [1.54, 1.807) is 11.8 Å². The highest BCUT2D eigenvalue weighted by Gasteiger charge is 2.23. The number of benzene rings is 1. The van der Waals surface area contributed by atoms with Crippen LogP contribution in [-0.4, -0.2) is 51.8 Å². The molecule has 5 rings (SSSR count). The predicted molar refractivity (Wildman–Crippen MR) is 159 cm³/mol. The van der Waals surface area contributed by atoms with Gasteiger partial charge < -0.3 is 15.1 Å². The number of nitrogens with one attached hydrogen (secondary N) is 1. The van der Waals surface area contributed by atoms with Gasteiger partial charge in [-0.2, -0.15) is 5.10 Å². The van der Waals surface area contributed by atoms with Gasteiger partial charge in [0.2, 0.25) is 0 Å². The predicted octanol–water partition coefficient (Wildman–Crippen LogP) is 4.81. The Morgan fingerprint density at radius 3 is 2.34 bits per heavy atom. The van der Waals surface area contributed by atoms with Crippen LogP contribution in [0.1, 0.15) is 35.5 Å². The normalized spacial score (nSPS) is 14.8. The summed E-state index contributed by atoms with van der Waals surface area (Å²) in [5.74, 6) is 0.962. The standard InChI is InChI=1S/C29H37N7OS/c1-18-14-22(20(3)31-25-9-8-19(2)30-28(25)38-7)23-16-27(34(6)29(37)24(23)15-18)36-12-10-35(11-13-36)26-17-33(5)32-21(26)4/h8-9,14-17,20,31H,10-13H2,1-7H3. The van der Waals surface area contributed by atoms with Crippen LogP contribution in [0.2, 0.25) is 0 Å². The molecule has 200 valence electrons. The third-order valence-corrected chi connectivity index (χ3v) is 8.17. The largest absolute Gasteiger partial charge is 0.376 e. The molecule has 0 spiro atoms. The molecule has 1 aromatic carbocycles. The summed E-state index contributed by atoms with van der Waals surface area (Å²) in [6.07, 6.45) is 4.14. The number of anilines is 3. The molecule has 0 radical (unpaired) electrons. The first-order valence-corrected chi connectivity index (χ1v) is 14.3. The average molecular weight is 532 g/mol. The van der Waals surface area contributed by atoms with Gasteiger partial charge in [-0.1, -0.05) is 6.07 Å². The molecule has 4 aromatic rings. The zero-order chi connectivity index (χ0) is 27.1. The molecule has 4 heterocycles. The van der Waals surface area contributed by atoms with Gasteiger partial charge in [-0.25, -0.2) is 4.98 Å². The summed E-state index contributed by atoms with van der Waals surface area (Å²) in [5.41, 5.74) is 6.50. The summed E-state index contributed by atoms with van der Waals surface area (Å²) in [6, 6.07) is 10.5. The van der Waals surface area contributed by atoms with Gasteiger partial charge in [0.25, 0.3) is 5.56 Å². The average Bonchev–Trinajstić information content (AvgIpc) is 3.24. The first-order valence-electron chi connectivity index (χ1n) is 13.1. The molecule has 3 aromatic heterocycles. The van der Waals surface area contributed by atoms with Gasteiger partial charge in [0.15, 0.2) is 0 Å². The van der Waals surface area contributed by atoms with Crippen LogP contribution in [-0.2, 0) is 14.1 Å². The van der Waals surface area contributed by atoms with Crippen molar-refractivity contribution in [2.75, 3.05) is 47.6 Å². The molecule has 0 amide bonds. The van der Waals surface area contributed by atoms with Crippen LogP contribution in [0, 0.1) is 20.8 Å². The molecule has 1 saturated heterocycles. The number of rotatable bonds is 6. The zero-order valence-electron chi connectivity index (χ0n) is 23.4. The van der Waals surface area contributed by atoms with E-state index in [-0.39, 0.29) is 11.6 Å². The van der Waals surface area contributed by atoms with Crippen molar-refractivity contribution in [1.82, 2.24) is 19.3 Å². The lowest BCUT2D eigenvalue weighted by Gasteiger charge is -2.37. The number of piperazine rings is 1. The third kappa shape index (κ3) is 4.87. The number of aryl methyl sites for hydroxylation is 4. The van der Waals surface area contributed by atoms with E-state index < -0.39 is 0 Å². The molecule has 1 atom stereocenters. The zero-order valence-corrected chi connectivity index (χ0v) is 24.2. The Labute approximate surface area is 228 Å². The van der Waals surface area contributed by atoms with Crippen molar-refractivity contribution in [3.63, 3.8) is 0 Å². The lowest BCUT2D eigenvalue weighted by atomic mass is 9.97. The minimum Gasteiger partial charge on any atom is -0.376 e. The number of hydrogen-bond acceptors (Lipinski definition) is 7. The Hall–Kier alpha value is -3.46. The van der Waals surface area contributed by atoms with E-state index in [0.29, 0.717) is 0 Å². The Balaban J connectivity index is 1.49. The van der Waals surface area contributed by atoms with E-state index in [1.165, 1.54) is 5.69 Å². The second-order valence-corrected chi connectivity index (χ2v) is 11.1. The van der Waals surface area contributed by atoms with Crippen molar-refractivity contribution in [2.45, 2.75) is 38.8 Å². The summed E-state index contributed by atoms with van der Waals surface area (Å²) in [6.45, 7) is 11.7. The van der Waals surface area contributed by atoms with Crippen LogP contribution in [0.4, 0.5) is 17.2 Å². The van der Waals surface area contributed by atoms with E-state index in [1.807, 2.05) is 48.7 Å². The van der Waals surface area contributed by atoms with Gasteiger partial charge in [-0.3, -0.25) is 14.0 Å². The molecule has 0 bridgehead atoms. The molecule has 1 unspecified atom stereocenters. The van der Waals surface area contributed by atoms with E-state index in [0.717, 1.165) is 76.0 Å². The second-order valence-electron chi connectivity index (χ2n) is 10.3. The van der Waals surface area contributed by atoms with Gasteiger partial charge >= 0.3 is 0 Å². The summed E-state index contributed by atoms with van der Waals surface area (Å²) >= 11 is 1.64. The highest BCUT2D eigenvalue weighted by atomic mass is 32.2. The van der Waals surface area contributed by atoms with Gasteiger partial charge in [0, 0.05) is 63.6 Å². The van der Waals surface area contributed by atoms with Crippen molar-refractivity contribution < 1.29 is 0 Å². The molecule has 9 heteroatoms. The van der Waals surface area contributed by atoms with Crippen molar-refractivity contribution in [3.8, 4) is 0 Å². The highest BCUT2D eigenvalue weighted by molar-refractivity contribution is 7.98. The maximum absolute atomic E-state index is 13.6. The molecule has 0 aliphatic carbocycles. The van der Waals surface area contributed by atoms with Crippen LogP contribution in [0.3, 0.4) is 0 Å². The molecule has 1 fully saturated rings. The van der Waals surface area contributed by atoms with Crippen LogP contribution in [0.25, 0.3) is 10.8 Å². The number of fused-ring (bicyclic) bond motifs is 1. The Kier molecular flexibility index (Phi) is 7.13. The van der Waals surface area contributed by atoms with Gasteiger partial charge in [0.05, 0.1) is 17.1 Å².